The Bertz CT molecular complexity index is 603. The summed E-state index contributed by atoms with van der Waals surface area (Å²) < 4.78 is 5.24. The van der Waals surface area contributed by atoms with Gasteiger partial charge in [0.2, 0.25) is 0 Å². The van der Waals surface area contributed by atoms with Crippen molar-refractivity contribution in [3.05, 3.63) is 63.6 Å². The van der Waals surface area contributed by atoms with Crippen LogP contribution in [0.1, 0.15) is 11.1 Å². The number of ketones is 1. The molecule has 0 aliphatic rings. The number of halogens is 2. The smallest absolute Gasteiger partial charge is 0.141 e. The van der Waals surface area contributed by atoms with Gasteiger partial charge in [0, 0.05) is 28.5 Å². The number of Topliss-reactive ketones (excluding diaryl/α,β-unsaturated/α-hetero) is 1. The van der Waals surface area contributed by atoms with Gasteiger partial charge in [0.05, 0.1) is 7.11 Å². The summed E-state index contributed by atoms with van der Waals surface area (Å²) in [5.41, 5.74) is 1.54. The molecule has 0 aliphatic heterocycles. The first-order chi connectivity index (χ1) is 9.61. The molecule has 0 bridgehead atoms. The van der Waals surface area contributed by atoms with Gasteiger partial charge in [0.15, 0.2) is 0 Å². The summed E-state index contributed by atoms with van der Waals surface area (Å²) in [6, 6.07) is 12.7. The van der Waals surface area contributed by atoms with E-state index in [9.17, 15) is 4.79 Å². The van der Waals surface area contributed by atoms with Crippen molar-refractivity contribution in [2.75, 3.05) is 7.11 Å². The second-order valence-electron chi connectivity index (χ2n) is 4.40. The van der Waals surface area contributed by atoms with Gasteiger partial charge in [-0.25, -0.2) is 0 Å². The fraction of sp³-hybridized carbons (Fsp3) is 0.188. The van der Waals surface area contributed by atoms with Gasteiger partial charge in [-0.1, -0.05) is 47.5 Å². The molecule has 0 unspecified atom stereocenters. The van der Waals surface area contributed by atoms with E-state index in [2.05, 4.69) is 0 Å². The molecule has 0 radical (unpaired) electrons. The molecule has 0 saturated heterocycles. The summed E-state index contributed by atoms with van der Waals surface area (Å²) in [6.45, 7) is 0. The van der Waals surface area contributed by atoms with Gasteiger partial charge in [-0.15, -0.1) is 0 Å². The fourth-order valence-corrected chi connectivity index (χ4v) is 2.55. The van der Waals surface area contributed by atoms with Crippen LogP contribution in [0.5, 0.6) is 5.75 Å². The zero-order valence-corrected chi connectivity index (χ0v) is 12.5. The largest absolute Gasteiger partial charge is 0.496 e. The van der Waals surface area contributed by atoms with Gasteiger partial charge in [-0.05, 0) is 23.8 Å². The average molecular weight is 309 g/mol. The van der Waals surface area contributed by atoms with Crippen molar-refractivity contribution in [1.29, 1.82) is 0 Å². The summed E-state index contributed by atoms with van der Waals surface area (Å²) >= 11 is 12.1. The predicted molar refractivity (Wildman–Crippen MR) is 81.9 cm³/mol. The van der Waals surface area contributed by atoms with Crippen LogP contribution < -0.4 is 4.74 Å². The van der Waals surface area contributed by atoms with Gasteiger partial charge in [0.1, 0.15) is 11.5 Å². The van der Waals surface area contributed by atoms with Crippen molar-refractivity contribution in [1.82, 2.24) is 0 Å². The number of ether oxygens (including phenoxy) is 1. The molecule has 2 aromatic carbocycles. The van der Waals surface area contributed by atoms with Crippen molar-refractivity contribution in [3.63, 3.8) is 0 Å². The van der Waals surface area contributed by atoms with Gasteiger partial charge < -0.3 is 4.74 Å². The highest BCUT2D eigenvalue weighted by Gasteiger charge is 2.13. The SMILES string of the molecule is COc1ccccc1CC(=O)Cc1c(Cl)cccc1Cl. The zero-order chi connectivity index (χ0) is 14.5. The van der Waals surface area contributed by atoms with Crippen LogP contribution in [0, 0.1) is 0 Å². The Morgan fingerprint density at radius 2 is 1.65 bits per heavy atom. The number of para-hydroxylation sites is 1. The molecule has 2 aromatic rings. The predicted octanol–water partition coefficient (Wildman–Crippen LogP) is 4.36. The van der Waals surface area contributed by atoms with E-state index in [0.717, 1.165) is 5.56 Å². The van der Waals surface area contributed by atoms with E-state index in [1.807, 2.05) is 24.3 Å². The third kappa shape index (κ3) is 3.53. The molecule has 0 heterocycles. The maximum atomic E-state index is 12.2. The van der Waals surface area contributed by atoms with E-state index in [-0.39, 0.29) is 12.2 Å². The molecule has 0 fully saturated rings. The Labute approximate surface area is 128 Å². The highest BCUT2D eigenvalue weighted by molar-refractivity contribution is 6.36. The number of benzene rings is 2. The van der Waals surface area contributed by atoms with E-state index >= 15 is 0 Å². The number of hydrogen-bond acceptors (Lipinski definition) is 2. The molecular formula is C16H14Cl2O2. The Morgan fingerprint density at radius 3 is 2.30 bits per heavy atom. The summed E-state index contributed by atoms with van der Waals surface area (Å²) in [6.07, 6.45) is 0.516. The maximum Gasteiger partial charge on any atom is 0.141 e. The molecule has 2 nitrogen and oxygen atoms in total. The minimum absolute atomic E-state index is 0.0458. The second kappa shape index (κ2) is 6.78. The Hall–Kier alpha value is -1.51. The molecule has 2 rings (SSSR count). The molecule has 0 spiro atoms. The van der Waals surface area contributed by atoms with Gasteiger partial charge in [0.25, 0.3) is 0 Å². The van der Waals surface area contributed by atoms with E-state index in [0.29, 0.717) is 27.8 Å². The molecule has 0 aliphatic carbocycles. The summed E-state index contributed by atoms with van der Waals surface area (Å²) in [4.78, 5) is 12.2. The van der Waals surface area contributed by atoms with Crippen LogP contribution >= 0.6 is 23.2 Å². The number of rotatable bonds is 5. The van der Waals surface area contributed by atoms with E-state index in [1.54, 1.807) is 25.3 Å². The van der Waals surface area contributed by atoms with Gasteiger partial charge in [-0.2, -0.15) is 0 Å². The maximum absolute atomic E-state index is 12.2. The first-order valence-corrected chi connectivity index (χ1v) is 6.94. The topological polar surface area (TPSA) is 26.3 Å². The van der Waals surface area contributed by atoms with E-state index in [4.69, 9.17) is 27.9 Å². The lowest BCUT2D eigenvalue weighted by Crippen LogP contribution is -2.08. The van der Waals surface area contributed by atoms with Crippen LogP contribution in [0.15, 0.2) is 42.5 Å². The quantitative estimate of drug-likeness (QED) is 0.820. The number of hydrogen-bond donors (Lipinski definition) is 0. The van der Waals surface area contributed by atoms with Crippen LogP contribution in [0.4, 0.5) is 0 Å². The highest BCUT2D eigenvalue weighted by atomic mass is 35.5. The zero-order valence-electron chi connectivity index (χ0n) is 11.0. The third-order valence-corrected chi connectivity index (χ3v) is 3.72. The molecule has 104 valence electrons. The normalized spacial score (nSPS) is 10.3. The van der Waals surface area contributed by atoms with Crippen LogP contribution in [0.3, 0.4) is 0 Å². The molecular weight excluding hydrogens is 295 g/mol. The van der Waals surface area contributed by atoms with Gasteiger partial charge in [-0.3, -0.25) is 4.79 Å². The molecule has 0 aromatic heterocycles. The van der Waals surface area contributed by atoms with Crippen molar-refractivity contribution in [2.45, 2.75) is 12.8 Å². The first kappa shape index (κ1) is 14.9. The fourth-order valence-electron chi connectivity index (χ4n) is 2.02. The van der Waals surface area contributed by atoms with E-state index < -0.39 is 0 Å². The Kier molecular flexibility index (Phi) is 5.05. The summed E-state index contributed by atoms with van der Waals surface area (Å²) in [5.74, 6) is 0.760. The lowest BCUT2D eigenvalue weighted by Gasteiger charge is -2.09. The Morgan fingerprint density at radius 1 is 1.00 bits per heavy atom. The highest BCUT2D eigenvalue weighted by Crippen LogP contribution is 2.26. The molecule has 0 N–H and O–H groups in total. The van der Waals surface area contributed by atoms with Crippen molar-refractivity contribution < 1.29 is 9.53 Å². The van der Waals surface area contributed by atoms with Crippen molar-refractivity contribution in [2.24, 2.45) is 0 Å². The van der Waals surface area contributed by atoms with Crippen LogP contribution in [-0.2, 0) is 17.6 Å². The monoisotopic (exact) mass is 308 g/mol. The molecule has 20 heavy (non-hydrogen) atoms. The van der Waals surface area contributed by atoms with Crippen molar-refractivity contribution in [3.8, 4) is 5.75 Å². The van der Waals surface area contributed by atoms with Crippen LogP contribution in [0.25, 0.3) is 0 Å². The molecule has 0 saturated carbocycles. The van der Waals surface area contributed by atoms with Gasteiger partial charge >= 0.3 is 0 Å². The third-order valence-electron chi connectivity index (χ3n) is 3.02. The lowest BCUT2D eigenvalue weighted by molar-refractivity contribution is -0.117. The van der Waals surface area contributed by atoms with Crippen molar-refractivity contribution >= 4 is 29.0 Å². The number of carbonyl (C=O) groups excluding carboxylic acids is 1. The number of methoxy groups -OCH3 is 1. The minimum atomic E-state index is 0.0458. The standard InChI is InChI=1S/C16H14Cl2O2/c1-20-16-8-3-2-5-11(16)9-12(19)10-13-14(17)6-4-7-15(13)18/h2-8H,9-10H2,1H3. The van der Waals surface area contributed by atoms with Crippen LogP contribution in [-0.4, -0.2) is 12.9 Å². The molecule has 0 amide bonds. The first-order valence-electron chi connectivity index (χ1n) is 6.18. The minimum Gasteiger partial charge on any atom is -0.496 e. The molecule has 0 atom stereocenters. The average Bonchev–Trinajstić information content (AvgIpc) is 2.44. The van der Waals surface area contributed by atoms with Crippen LogP contribution in [0.2, 0.25) is 10.0 Å². The summed E-state index contributed by atoms with van der Waals surface area (Å²) in [5, 5.41) is 1.04. The lowest BCUT2D eigenvalue weighted by atomic mass is 10.0. The molecule has 4 heteroatoms. The number of carbonyl (C=O) groups is 1. The summed E-state index contributed by atoms with van der Waals surface area (Å²) in [7, 11) is 1.59. The second-order valence-corrected chi connectivity index (χ2v) is 5.22. The Balaban J connectivity index is 2.13. The van der Waals surface area contributed by atoms with E-state index in [1.165, 1.54) is 0 Å².